The van der Waals surface area contributed by atoms with Crippen molar-refractivity contribution >= 4 is 11.8 Å². The van der Waals surface area contributed by atoms with E-state index in [1.807, 2.05) is 82.9 Å². The summed E-state index contributed by atoms with van der Waals surface area (Å²) in [7, 11) is 1.64. The van der Waals surface area contributed by atoms with Crippen molar-refractivity contribution in [1.29, 1.82) is 5.26 Å². The first kappa shape index (κ1) is 22.5. The Bertz CT molecular complexity index is 1480. The van der Waals surface area contributed by atoms with E-state index in [0.717, 1.165) is 28.5 Å². The topological polar surface area (TPSA) is 94.7 Å². The molecule has 0 saturated carbocycles. The zero-order valence-electron chi connectivity index (χ0n) is 19.3. The number of aromatic nitrogens is 5. The average molecular weight is 483 g/mol. The monoisotopic (exact) mass is 482 g/mol. The minimum atomic E-state index is 0.469. The van der Waals surface area contributed by atoms with Gasteiger partial charge in [0.15, 0.2) is 11.0 Å². The highest BCUT2D eigenvalue weighted by atomic mass is 32.2. The Balaban J connectivity index is 1.52. The molecule has 0 spiro atoms. The number of hydrogen-bond donors (Lipinski definition) is 0. The number of methoxy groups -OCH3 is 1. The van der Waals surface area contributed by atoms with Gasteiger partial charge in [-0.25, -0.2) is 4.68 Å². The molecule has 174 valence electrons. The minimum Gasteiger partial charge on any atom is -0.497 e. The van der Waals surface area contributed by atoms with E-state index in [1.54, 1.807) is 13.4 Å². The number of ether oxygens (including phenoxy) is 1. The van der Waals surface area contributed by atoms with Gasteiger partial charge in [0.05, 0.1) is 42.6 Å². The van der Waals surface area contributed by atoms with Crippen LogP contribution in [0.4, 0.5) is 0 Å². The van der Waals surface area contributed by atoms with E-state index in [4.69, 9.17) is 9.15 Å². The van der Waals surface area contributed by atoms with Crippen LogP contribution in [0, 0.1) is 18.3 Å². The number of aryl methyl sites for hydroxylation is 1. The van der Waals surface area contributed by atoms with Gasteiger partial charge in [-0.1, -0.05) is 42.1 Å². The lowest BCUT2D eigenvalue weighted by Gasteiger charge is -2.11. The fourth-order valence-electron chi connectivity index (χ4n) is 3.84. The quantitative estimate of drug-likeness (QED) is 0.279. The predicted molar refractivity (Wildman–Crippen MR) is 132 cm³/mol. The van der Waals surface area contributed by atoms with Crippen molar-refractivity contribution < 1.29 is 9.15 Å². The molecule has 0 aliphatic carbocycles. The van der Waals surface area contributed by atoms with Gasteiger partial charge in [0, 0.05) is 11.3 Å². The van der Waals surface area contributed by atoms with Crippen molar-refractivity contribution in [3.8, 4) is 28.9 Å². The molecule has 9 heteroatoms. The number of rotatable bonds is 8. The number of benzene rings is 2. The molecule has 0 aliphatic rings. The van der Waals surface area contributed by atoms with Crippen molar-refractivity contribution in [3.63, 3.8) is 0 Å². The van der Waals surface area contributed by atoms with Gasteiger partial charge in [0.25, 0.3) is 0 Å². The molecular formula is C26H22N6O2S. The molecule has 0 N–H and O–H groups in total. The highest BCUT2D eigenvalue weighted by Crippen LogP contribution is 2.31. The first-order valence-electron chi connectivity index (χ1n) is 10.9. The maximum Gasteiger partial charge on any atom is 0.192 e. The summed E-state index contributed by atoms with van der Waals surface area (Å²) in [6.45, 7) is 2.32. The fraction of sp³-hybridized carbons (Fsp3) is 0.154. The average Bonchev–Trinajstić information content (AvgIpc) is 3.63. The molecule has 2 aromatic carbocycles. The van der Waals surface area contributed by atoms with Crippen LogP contribution >= 0.6 is 11.8 Å². The maximum atomic E-state index is 9.81. The molecule has 0 radical (unpaired) electrons. The summed E-state index contributed by atoms with van der Waals surface area (Å²) < 4.78 is 14.9. The van der Waals surface area contributed by atoms with Crippen LogP contribution in [0.15, 0.2) is 82.6 Å². The lowest BCUT2D eigenvalue weighted by Crippen LogP contribution is -2.05. The molecule has 5 rings (SSSR count). The second-order valence-electron chi connectivity index (χ2n) is 7.76. The molecule has 3 aromatic heterocycles. The third-order valence-corrected chi connectivity index (χ3v) is 6.52. The molecule has 3 heterocycles. The standard InChI is InChI=1S/C26H22N6O2S/c1-18-23(15-27)24(32(30-18)20-9-4-3-5-10-20)17-35-26-29-28-25(19-8-6-11-21(14-19)33-2)31(26)16-22-12-7-13-34-22/h3-14H,16-17H2,1-2H3. The van der Waals surface area contributed by atoms with Crippen molar-refractivity contribution in [3.05, 3.63) is 95.7 Å². The predicted octanol–water partition coefficient (Wildman–Crippen LogP) is 5.25. The number of thioether (sulfide) groups is 1. The Morgan fingerprint density at radius 1 is 1.06 bits per heavy atom. The second-order valence-corrected chi connectivity index (χ2v) is 8.70. The number of furan rings is 1. The molecule has 0 fully saturated rings. The molecule has 0 aliphatic heterocycles. The van der Waals surface area contributed by atoms with Gasteiger partial charge < -0.3 is 9.15 Å². The van der Waals surface area contributed by atoms with Crippen LogP contribution < -0.4 is 4.74 Å². The molecule has 0 atom stereocenters. The summed E-state index contributed by atoms with van der Waals surface area (Å²) in [5.74, 6) is 2.73. The SMILES string of the molecule is COc1cccc(-c2nnc(SCc3c(C#N)c(C)nn3-c3ccccc3)n2Cc2ccco2)c1. The van der Waals surface area contributed by atoms with Crippen molar-refractivity contribution in [2.45, 2.75) is 24.4 Å². The summed E-state index contributed by atoms with van der Waals surface area (Å²) in [5.41, 5.74) is 3.88. The lowest BCUT2D eigenvalue weighted by molar-refractivity contribution is 0.415. The molecule has 5 aromatic rings. The second kappa shape index (κ2) is 9.91. The summed E-state index contributed by atoms with van der Waals surface area (Å²) >= 11 is 1.50. The zero-order valence-corrected chi connectivity index (χ0v) is 20.1. The molecular weight excluding hydrogens is 460 g/mol. The van der Waals surface area contributed by atoms with Crippen LogP contribution in [-0.2, 0) is 12.3 Å². The fourth-order valence-corrected chi connectivity index (χ4v) is 4.78. The van der Waals surface area contributed by atoms with Gasteiger partial charge in [0.1, 0.15) is 17.6 Å². The van der Waals surface area contributed by atoms with E-state index in [0.29, 0.717) is 34.5 Å². The Morgan fingerprint density at radius 2 is 1.91 bits per heavy atom. The van der Waals surface area contributed by atoms with Crippen molar-refractivity contribution in [2.75, 3.05) is 7.11 Å². The maximum absolute atomic E-state index is 9.81. The van der Waals surface area contributed by atoms with E-state index < -0.39 is 0 Å². The van der Waals surface area contributed by atoms with E-state index in [-0.39, 0.29) is 0 Å². The summed E-state index contributed by atoms with van der Waals surface area (Å²) in [5, 5.41) is 24.1. The molecule has 0 unspecified atom stereocenters. The van der Waals surface area contributed by atoms with Crippen LogP contribution in [0.25, 0.3) is 17.1 Å². The first-order chi connectivity index (χ1) is 17.2. The number of hydrogen-bond acceptors (Lipinski definition) is 7. The molecule has 8 nitrogen and oxygen atoms in total. The van der Waals surface area contributed by atoms with Gasteiger partial charge in [-0.2, -0.15) is 10.4 Å². The van der Waals surface area contributed by atoms with Crippen molar-refractivity contribution in [1.82, 2.24) is 24.5 Å². The van der Waals surface area contributed by atoms with E-state index in [1.165, 1.54) is 11.8 Å². The molecule has 0 amide bonds. The molecule has 35 heavy (non-hydrogen) atoms. The van der Waals surface area contributed by atoms with Gasteiger partial charge in [-0.15, -0.1) is 10.2 Å². The highest BCUT2D eigenvalue weighted by molar-refractivity contribution is 7.98. The number of para-hydroxylation sites is 1. The lowest BCUT2D eigenvalue weighted by atomic mass is 10.2. The minimum absolute atomic E-state index is 0.469. The van der Waals surface area contributed by atoms with Crippen LogP contribution in [0.3, 0.4) is 0 Å². The number of nitriles is 1. The molecule has 0 saturated heterocycles. The van der Waals surface area contributed by atoms with Crippen LogP contribution in [-0.4, -0.2) is 31.7 Å². The Kier molecular flexibility index (Phi) is 6.37. The van der Waals surface area contributed by atoms with Gasteiger partial charge in [-0.3, -0.25) is 4.57 Å². The van der Waals surface area contributed by atoms with E-state index in [2.05, 4.69) is 21.4 Å². The summed E-state index contributed by atoms with van der Waals surface area (Å²) in [4.78, 5) is 0. The number of nitrogens with zero attached hydrogens (tertiary/aromatic N) is 6. The smallest absolute Gasteiger partial charge is 0.192 e. The Hall–Kier alpha value is -4.29. The van der Waals surface area contributed by atoms with E-state index in [9.17, 15) is 5.26 Å². The summed E-state index contributed by atoms with van der Waals surface area (Å²) in [6.07, 6.45) is 1.65. The van der Waals surface area contributed by atoms with Gasteiger partial charge >= 0.3 is 0 Å². The Morgan fingerprint density at radius 3 is 2.66 bits per heavy atom. The largest absolute Gasteiger partial charge is 0.497 e. The Labute approximate surface area is 206 Å². The third-order valence-electron chi connectivity index (χ3n) is 5.55. The third kappa shape index (κ3) is 4.56. The molecule has 0 bridgehead atoms. The summed E-state index contributed by atoms with van der Waals surface area (Å²) in [6, 6.07) is 23.6. The van der Waals surface area contributed by atoms with Crippen LogP contribution in [0.2, 0.25) is 0 Å². The zero-order chi connectivity index (χ0) is 24.2. The normalized spacial score (nSPS) is 10.9. The van der Waals surface area contributed by atoms with Gasteiger partial charge in [0.2, 0.25) is 0 Å². The van der Waals surface area contributed by atoms with Crippen molar-refractivity contribution in [2.24, 2.45) is 0 Å². The highest BCUT2D eigenvalue weighted by Gasteiger charge is 2.20. The van der Waals surface area contributed by atoms with Gasteiger partial charge in [-0.05, 0) is 43.3 Å². The van der Waals surface area contributed by atoms with Crippen LogP contribution in [0.1, 0.15) is 22.7 Å². The van der Waals surface area contributed by atoms with Crippen LogP contribution in [0.5, 0.6) is 5.75 Å². The first-order valence-corrected chi connectivity index (χ1v) is 11.9. The van der Waals surface area contributed by atoms with E-state index >= 15 is 0 Å².